The summed E-state index contributed by atoms with van der Waals surface area (Å²) in [7, 11) is 0. The fourth-order valence-corrected chi connectivity index (χ4v) is 2.22. The van der Waals surface area contributed by atoms with E-state index in [1.807, 2.05) is 61.5 Å². The molecule has 4 nitrogen and oxygen atoms in total. The molecule has 0 aromatic heterocycles. The van der Waals surface area contributed by atoms with E-state index in [-0.39, 0.29) is 6.61 Å². The SMILES string of the molecule is C[C@](N)(CO)CCc1ccc(OCCCOc2ccccc2)cc1. The van der Waals surface area contributed by atoms with Crippen molar-refractivity contribution < 1.29 is 14.6 Å². The topological polar surface area (TPSA) is 64.7 Å². The Bertz CT molecular complexity index is 582. The molecule has 2 aromatic rings. The van der Waals surface area contributed by atoms with Crippen molar-refractivity contribution >= 4 is 0 Å². The van der Waals surface area contributed by atoms with Crippen LogP contribution in [-0.2, 0) is 6.42 Å². The summed E-state index contributed by atoms with van der Waals surface area (Å²) in [5.74, 6) is 1.74. The van der Waals surface area contributed by atoms with Gasteiger partial charge in [0.1, 0.15) is 11.5 Å². The molecule has 0 saturated heterocycles. The second-order valence-corrected chi connectivity index (χ2v) is 6.32. The molecule has 0 unspecified atom stereocenters. The van der Waals surface area contributed by atoms with Crippen LogP contribution < -0.4 is 15.2 Å². The Labute approximate surface area is 144 Å². The van der Waals surface area contributed by atoms with Crippen LogP contribution >= 0.6 is 0 Å². The number of aryl methyl sites for hydroxylation is 1. The fourth-order valence-electron chi connectivity index (χ4n) is 2.22. The summed E-state index contributed by atoms with van der Waals surface area (Å²) in [6, 6.07) is 17.8. The Morgan fingerprint density at radius 2 is 1.50 bits per heavy atom. The van der Waals surface area contributed by atoms with Crippen LogP contribution in [0.1, 0.15) is 25.3 Å². The molecule has 0 amide bonds. The van der Waals surface area contributed by atoms with Gasteiger partial charge in [-0.25, -0.2) is 0 Å². The third-order valence-corrected chi connectivity index (χ3v) is 3.84. The maximum absolute atomic E-state index is 9.17. The highest BCUT2D eigenvalue weighted by molar-refractivity contribution is 5.27. The zero-order valence-corrected chi connectivity index (χ0v) is 14.3. The maximum atomic E-state index is 9.17. The van der Waals surface area contributed by atoms with Crippen molar-refractivity contribution in [3.63, 3.8) is 0 Å². The van der Waals surface area contributed by atoms with Crippen molar-refractivity contribution in [2.45, 2.75) is 31.7 Å². The first-order chi connectivity index (χ1) is 11.6. The summed E-state index contributed by atoms with van der Waals surface area (Å²) in [6.45, 7) is 3.12. The summed E-state index contributed by atoms with van der Waals surface area (Å²) < 4.78 is 11.3. The van der Waals surface area contributed by atoms with Crippen molar-refractivity contribution in [2.75, 3.05) is 19.8 Å². The van der Waals surface area contributed by atoms with Gasteiger partial charge in [-0.2, -0.15) is 0 Å². The summed E-state index contributed by atoms with van der Waals surface area (Å²) in [5.41, 5.74) is 6.62. The van der Waals surface area contributed by atoms with Crippen LogP contribution in [0.15, 0.2) is 54.6 Å². The lowest BCUT2D eigenvalue weighted by Crippen LogP contribution is -2.40. The quantitative estimate of drug-likeness (QED) is 0.657. The maximum Gasteiger partial charge on any atom is 0.119 e. The molecule has 0 saturated carbocycles. The van der Waals surface area contributed by atoms with Crippen LogP contribution in [0.25, 0.3) is 0 Å². The number of aliphatic hydroxyl groups excluding tert-OH is 1. The van der Waals surface area contributed by atoms with Gasteiger partial charge in [-0.05, 0) is 49.6 Å². The highest BCUT2D eigenvalue weighted by Gasteiger charge is 2.16. The Morgan fingerprint density at radius 1 is 0.917 bits per heavy atom. The van der Waals surface area contributed by atoms with Crippen molar-refractivity contribution in [3.8, 4) is 11.5 Å². The smallest absolute Gasteiger partial charge is 0.119 e. The number of hydrogen-bond acceptors (Lipinski definition) is 4. The lowest BCUT2D eigenvalue weighted by Gasteiger charge is -2.21. The predicted molar refractivity (Wildman–Crippen MR) is 96.5 cm³/mol. The average molecular weight is 329 g/mol. The number of aliphatic hydroxyl groups is 1. The van der Waals surface area contributed by atoms with Gasteiger partial charge in [-0.3, -0.25) is 0 Å². The molecule has 0 aliphatic rings. The molecule has 0 bridgehead atoms. The molecule has 2 rings (SSSR count). The third kappa shape index (κ3) is 6.60. The van der Waals surface area contributed by atoms with E-state index in [1.54, 1.807) is 0 Å². The van der Waals surface area contributed by atoms with E-state index < -0.39 is 5.54 Å². The van der Waals surface area contributed by atoms with Crippen molar-refractivity contribution in [2.24, 2.45) is 5.73 Å². The molecule has 3 N–H and O–H groups in total. The van der Waals surface area contributed by atoms with E-state index in [9.17, 15) is 5.11 Å². The minimum Gasteiger partial charge on any atom is -0.493 e. The largest absolute Gasteiger partial charge is 0.493 e. The second kappa shape index (κ2) is 9.30. The number of hydrogen-bond donors (Lipinski definition) is 2. The second-order valence-electron chi connectivity index (χ2n) is 6.32. The normalized spacial score (nSPS) is 13.3. The molecule has 0 aliphatic heterocycles. The van der Waals surface area contributed by atoms with Gasteiger partial charge >= 0.3 is 0 Å². The van der Waals surface area contributed by atoms with Crippen molar-refractivity contribution in [3.05, 3.63) is 60.2 Å². The highest BCUT2D eigenvalue weighted by Crippen LogP contribution is 2.16. The van der Waals surface area contributed by atoms with E-state index in [2.05, 4.69) is 0 Å². The van der Waals surface area contributed by atoms with Gasteiger partial charge in [-0.1, -0.05) is 30.3 Å². The van der Waals surface area contributed by atoms with Crippen LogP contribution in [0.5, 0.6) is 11.5 Å². The van der Waals surface area contributed by atoms with Gasteiger partial charge in [0.25, 0.3) is 0 Å². The van der Waals surface area contributed by atoms with Gasteiger partial charge in [0, 0.05) is 12.0 Å². The first-order valence-corrected chi connectivity index (χ1v) is 8.38. The first-order valence-electron chi connectivity index (χ1n) is 8.38. The fraction of sp³-hybridized carbons (Fsp3) is 0.400. The standard InChI is InChI=1S/C20H27NO3/c1-20(21,16-22)13-12-17-8-10-19(11-9-17)24-15-5-14-23-18-6-3-2-4-7-18/h2-4,6-11,22H,5,12-16,21H2,1H3/t20-/m1/s1. The first kappa shape index (κ1) is 18.3. The zero-order valence-electron chi connectivity index (χ0n) is 14.3. The molecular weight excluding hydrogens is 302 g/mol. The molecule has 0 heterocycles. The van der Waals surface area contributed by atoms with Crippen LogP contribution in [-0.4, -0.2) is 30.5 Å². The number of rotatable bonds is 10. The molecule has 0 aliphatic carbocycles. The minimum absolute atomic E-state index is 0.000747. The monoisotopic (exact) mass is 329 g/mol. The summed E-state index contributed by atoms with van der Waals surface area (Å²) in [5, 5.41) is 9.17. The average Bonchev–Trinajstić information content (AvgIpc) is 2.62. The number of ether oxygens (including phenoxy) is 2. The molecule has 0 spiro atoms. The van der Waals surface area contributed by atoms with Gasteiger partial charge in [0.15, 0.2) is 0 Å². The van der Waals surface area contributed by atoms with Gasteiger partial charge in [-0.15, -0.1) is 0 Å². The van der Waals surface area contributed by atoms with Crippen LogP contribution in [0.2, 0.25) is 0 Å². The van der Waals surface area contributed by atoms with Crippen molar-refractivity contribution in [1.82, 2.24) is 0 Å². The van der Waals surface area contributed by atoms with Crippen molar-refractivity contribution in [1.29, 1.82) is 0 Å². The Morgan fingerprint density at radius 3 is 2.08 bits per heavy atom. The summed E-state index contributed by atoms with van der Waals surface area (Å²) in [6.07, 6.45) is 2.43. The number of nitrogens with two attached hydrogens (primary N) is 1. The lowest BCUT2D eigenvalue weighted by molar-refractivity contribution is 0.200. The van der Waals surface area contributed by atoms with Crippen LogP contribution in [0.4, 0.5) is 0 Å². The van der Waals surface area contributed by atoms with E-state index in [0.29, 0.717) is 13.2 Å². The van der Waals surface area contributed by atoms with Gasteiger partial charge in [0.05, 0.1) is 19.8 Å². The Balaban J connectivity index is 1.65. The van der Waals surface area contributed by atoms with Crippen LogP contribution in [0.3, 0.4) is 0 Å². The Hall–Kier alpha value is -2.04. The molecule has 0 fully saturated rings. The highest BCUT2D eigenvalue weighted by atomic mass is 16.5. The Kier molecular flexibility index (Phi) is 7.09. The number of para-hydroxylation sites is 1. The van der Waals surface area contributed by atoms with E-state index in [0.717, 1.165) is 30.8 Å². The summed E-state index contributed by atoms with van der Waals surface area (Å²) in [4.78, 5) is 0. The third-order valence-electron chi connectivity index (χ3n) is 3.84. The molecule has 0 radical (unpaired) electrons. The summed E-state index contributed by atoms with van der Waals surface area (Å²) >= 11 is 0. The lowest BCUT2D eigenvalue weighted by atomic mass is 9.95. The molecule has 1 atom stereocenters. The molecule has 2 aromatic carbocycles. The minimum atomic E-state index is -0.520. The zero-order chi connectivity index (χ0) is 17.3. The molecule has 130 valence electrons. The molecule has 4 heteroatoms. The van der Waals surface area contributed by atoms with E-state index >= 15 is 0 Å². The van der Waals surface area contributed by atoms with Gasteiger partial charge < -0.3 is 20.3 Å². The molecule has 24 heavy (non-hydrogen) atoms. The van der Waals surface area contributed by atoms with Gasteiger partial charge in [0.2, 0.25) is 0 Å². The number of benzene rings is 2. The van der Waals surface area contributed by atoms with E-state index in [1.165, 1.54) is 5.56 Å². The van der Waals surface area contributed by atoms with Crippen LogP contribution in [0, 0.1) is 0 Å². The predicted octanol–water partition coefficient (Wildman–Crippen LogP) is 3.18. The molecular formula is C20H27NO3. The van der Waals surface area contributed by atoms with E-state index in [4.69, 9.17) is 15.2 Å².